The van der Waals surface area contributed by atoms with Crippen LogP contribution in [0, 0.1) is 13.8 Å². The summed E-state index contributed by atoms with van der Waals surface area (Å²) in [6.45, 7) is 5.33. The van der Waals surface area contributed by atoms with Crippen LogP contribution in [-0.2, 0) is 11.3 Å². The summed E-state index contributed by atoms with van der Waals surface area (Å²) in [5, 5.41) is 10.8. The molecule has 2 aromatic rings. The molecule has 0 amide bonds. The second kappa shape index (κ2) is 6.05. The van der Waals surface area contributed by atoms with Crippen molar-refractivity contribution in [1.29, 1.82) is 0 Å². The Morgan fingerprint density at radius 3 is 2.78 bits per heavy atom. The average molecular weight is 317 g/mol. The van der Waals surface area contributed by atoms with Gasteiger partial charge < -0.3 is 14.5 Å². The molecule has 2 aromatic heterocycles. The highest BCUT2D eigenvalue weighted by atomic mass is 16.5. The van der Waals surface area contributed by atoms with E-state index in [1.54, 1.807) is 0 Å². The van der Waals surface area contributed by atoms with Gasteiger partial charge in [0.2, 0.25) is 0 Å². The summed E-state index contributed by atoms with van der Waals surface area (Å²) in [4.78, 5) is 8.87. The lowest BCUT2D eigenvalue weighted by Gasteiger charge is -2.12. The van der Waals surface area contributed by atoms with Crippen LogP contribution in [0.3, 0.4) is 0 Å². The standard InChI is InChI=1S/C16H23N5O2/c1-9-14(22-10(2)18-9)8-17-7-12-5-6-13(23-12)16-19-15(20-21-16)11-3-4-11/h11-13,17H,3-8H2,1-2H3,(H,19,20,21)/t12-,13+/m1/s1. The molecule has 124 valence electrons. The molecule has 1 aliphatic heterocycles. The van der Waals surface area contributed by atoms with Gasteiger partial charge in [-0.25, -0.2) is 9.97 Å². The van der Waals surface area contributed by atoms with Crippen molar-refractivity contribution in [2.24, 2.45) is 0 Å². The molecule has 0 unspecified atom stereocenters. The van der Waals surface area contributed by atoms with Gasteiger partial charge in [-0.15, -0.1) is 0 Å². The average Bonchev–Trinajstić information content (AvgIpc) is 2.95. The molecule has 3 heterocycles. The van der Waals surface area contributed by atoms with Gasteiger partial charge in [0.25, 0.3) is 0 Å². The van der Waals surface area contributed by atoms with Crippen LogP contribution >= 0.6 is 0 Å². The first-order chi connectivity index (χ1) is 11.2. The van der Waals surface area contributed by atoms with Crippen LogP contribution in [0.15, 0.2) is 4.42 Å². The zero-order chi connectivity index (χ0) is 15.8. The molecule has 1 aliphatic carbocycles. The van der Waals surface area contributed by atoms with E-state index in [0.29, 0.717) is 18.4 Å². The Hall–Kier alpha value is -1.73. The third-order valence-corrected chi connectivity index (χ3v) is 4.53. The van der Waals surface area contributed by atoms with Gasteiger partial charge in [0, 0.05) is 19.4 Å². The lowest BCUT2D eigenvalue weighted by atomic mass is 10.2. The van der Waals surface area contributed by atoms with Gasteiger partial charge in [-0.3, -0.25) is 5.10 Å². The fourth-order valence-electron chi connectivity index (χ4n) is 3.10. The molecule has 2 atom stereocenters. The molecule has 1 saturated carbocycles. The summed E-state index contributed by atoms with van der Waals surface area (Å²) in [6.07, 6.45) is 4.72. The van der Waals surface area contributed by atoms with Crippen molar-refractivity contribution in [3.05, 3.63) is 29.0 Å². The molecule has 2 N–H and O–H groups in total. The summed E-state index contributed by atoms with van der Waals surface area (Å²) >= 11 is 0. The predicted molar refractivity (Wildman–Crippen MR) is 82.9 cm³/mol. The number of oxazole rings is 1. The Bertz CT molecular complexity index is 676. The highest BCUT2D eigenvalue weighted by Gasteiger charge is 2.32. The summed E-state index contributed by atoms with van der Waals surface area (Å²) in [5.74, 6) is 4.04. The Morgan fingerprint density at radius 1 is 1.17 bits per heavy atom. The maximum atomic E-state index is 6.09. The molecule has 7 nitrogen and oxygen atoms in total. The fraction of sp³-hybridized carbons (Fsp3) is 0.688. The first-order valence-electron chi connectivity index (χ1n) is 8.40. The monoisotopic (exact) mass is 317 g/mol. The fourth-order valence-corrected chi connectivity index (χ4v) is 3.10. The van der Waals surface area contributed by atoms with E-state index in [4.69, 9.17) is 9.15 Å². The van der Waals surface area contributed by atoms with E-state index < -0.39 is 0 Å². The van der Waals surface area contributed by atoms with Gasteiger partial charge >= 0.3 is 0 Å². The maximum absolute atomic E-state index is 6.09. The number of nitrogens with one attached hydrogen (secondary N) is 2. The van der Waals surface area contributed by atoms with Crippen LogP contribution < -0.4 is 5.32 Å². The lowest BCUT2D eigenvalue weighted by molar-refractivity contribution is 0.0398. The van der Waals surface area contributed by atoms with E-state index >= 15 is 0 Å². The summed E-state index contributed by atoms with van der Waals surface area (Å²) in [5.41, 5.74) is 0.953. The first-order valence-corrected chi connectivity index (χ1v) is 8.40. The number of H-pyrrole nitrogens is 1. The SMILES string of the molecule is Cc1nc(C)c(CNC[C@H]2CC[C@@H](c3nc(C4CC4)n[nH]3)O2)o1. The molecule has 23 heavy (non-hydrogen) atoms. The molecular weight excluding hydrogens is 294 g/mol. The smallest absolute Gasteiger partial charge is 0.191 e. The molecule has 2 aliphatic rings. The van der Waals surface area contributed by atoms with Gasteiger partial charge in [0.05, 0.1) is 18.3 Å². The Balaban J connectivity index is 1.26. The van der Waals surface area contributed by atoms with Crippen LogP contribution in [0.25, 0.3) is 0 Å². The van der Waals surface area contributed by atoms with Crippen molar-refractivity contribution >= 4 is 0 Å². The lowest BCUT2D eigenvalue weighted by Crippen LogP contribution is -2.26. The van der Waals surface area contributed by atoms with E-state index in [9.17, 15) is 0 Å². The van der Waals surface area contributed by atoms with E-state index in [-0.39, 0.29) is 12.2 Å². The van der Waals surface area contributed by atoms with Crippen molar-refractivity contribution in [2.45, 2.75) is 64.2 Å². The Labute approximate surface area is 135 Å². The predicted octanol–water partition coefficient (Wildman–Crippen LogP) is 2.30. The van der Waals surface area contributed by atoms with Crippen molar-refractivity contribution in [2.75, 3.05) is 6.54 Å². The number of aryl methyl sites for hydroxylation is 2. The number of nitrogens with zero attached hydrogens (tertiary/aromatic N) is 3. The molecule has 0 aromatic carbocycles. The highest BCUT2D eigenvalue weighted by molar-refractivity contribution is 5.08. The van der Waals surface area contributed by atoms with Crippen molar-refractivity contribution in [3.63, 3.8) is 0 Å². The van der Waals surface area contributed by atoms with Crippen LogP contribution in [-0.4, -0.2) is 32.8 Å². The van der Waals surface area contributed by atoms with Gasteiger partial charge in [-0.2, -0.15) is 5.10 Å². The Kier molecular flexibility index (Phi) is 3.90. The maximum Gasteiger partial charge on any atom is 0.191 e. The van der Waals surface area contributed by atoms with Gasteiger partial charge in [0.1, 0.15) is 11.9 Å². The molecule has 4 rings (SSSR count). The zero-order valence-corrected chi connectivity index (χ0v) is 13.6. The molecule has 7 heteroatoms. The number of aromatic nitrogens is 4. The number of rotatable bonds is 6. The molecule has 1 saturated heterocycles. The summed E-state index contributed by atoms with van der Waals surface area (Å²) in [6, 6.07) is 0. The largest absolute Gasteiger partial charge is 0.444 e. The number of ether oxygens (including phenoxy) is 1. The van der Waals surface area contributed by atoms with Gasteiger partial charge in [-0.05, 0) is 32.6 Å². The summed E-state index contributed by atoms with van der Waals surface area (Å²) in [7, 11) is 0. The second-order valence-corrected chi connectivity index (χ2v) is 6.55. The van der Waals surface area contributed by atoms with Crippen LogP contribution in [0.5, 0.6) is 0 Å². The molecule has 0 bridgehead atoms. The summed E-state index contributed by atoms with van der Waals surface area (Å²) < 4.78 is 11.7. The quantitative estimate of drug-likeness (QED) is 0.850. The number of hydrogen-bond acceptors (Lipinski definition) is 6. The molecule has 0 spiro atoms. The minimum atomic E-state index is 0.0519. The van der Waals surface area contributed by atoms with Crippen LogP contribution in [0.4, 0.5) is 0 Å². The van der Waals surface area contributed by atoms with Crippen molar-refractivity contribution < 1.29 is 9.15 Å². The third kappa shape index (κ3) is 3.30. The molecule has 0 radical (unpaired) electrons. The minimum absolute atomic E-state index is 0.0519. The van der Waals surface area contributed by atoms with E-state index in [1.165, 1.54) is 12.8 Å². The van der Waals surface area contributed by atoms with E-state index in [0.717, 1.165) is 42.5 Å². The molecule has 2 fully saturated rings. The van der Waals surface area contributed by atoms with E-state index in [2.05, 4.69) is 25.5 Å². The Morgan fingerprint density at radius 2 is 2.04 bits per heavy atom. The zero-order valence-electron chi connectivity index (χ0n) is 13.6. The van der Waals surface area contributed by atoms with Crippen LogP contribution in [0.2, 0.25) is 0 Å². The van der Waals surface area contributed by atoms with Crippen molar-refractivity contribution in [1.82, 2.24) is 25.5 Å². The first kappa shape index (κ1) is 14.8. The molecular formula is C16H23N5O2. The normalized spacial score (nSPS) is 24.4. The van der Waals surface area contributed by atoms with Gasteiger partial charge in [0.15, 0.2) is 17.5 Å². The minimum Gasteiger partial charge on any atom is -0.444 e. The van der Waals surface area contributed by atoms with Gasteiger partial charge in [-0.1, -0.05) is 0 Å². The number of aromatic amines is 1. The van der Waals surface area contributed by atoms with E-state index in [1.807, 2.05) is 13.8 Å². The highest BCUT2D eigenvalue weighted by Crippen LogP contribution is 2.39. The second-order valence-electron chi connectivity index (χ2n) is 6.55. The van der Waals surface area contributed by atoms with Crippen LogP contribution in [0.1, 0.15) is 66.7 Å². The topological polar surface area (TPSA) is 88.9 Å². The van der Waals surface area contributed by atoms with Crippen molar-refractivity contribution in [3.8, 4) is 0 Å². The third-order valence-electron chi connectivity index (χ3n) is 4.53. The number of hydrogen-bond donors (Lipinski definition) is 2.